The number of halogens is 2. The highest BCUT2D eigenvalue weighted by atomic mass is 35.5. The van der Waals surface area contributed by atoms with E-state index in [1.165, 1.54) is 11.1 Å². The average Bonchev–Trinajstić information content (AvgIpc) is 3.08. The summed E-state index contributed by atoms with van der Waals surface area (Å²) >= 11 is 13.0. The molecule has 3 nitrogen and oxygen atoms in total. The minimum Gasteiger partial charge on any atom is -0.366 e. The van der Waals surface area contributed by atoms with Crippen molar-refractivity contribution < 1.29 is 4.79 Å². The molecule has 5 aromatic rings. The molecule has 4 aromatic carbocycles. The van der Waals surface area contributed by atoms with E-state index >= 15 is 0 Å². The van der Waals surface area contributed by atoms with Crippen LogP contribution in [0.25, 0.3) is 32.9 Å². The molecule has 0 atom stereocenters. The van der Waals surface area contributed by atoms with E-state index in [4.69, 9.17) is 28.9 Å². The number of nitrogens with zero attached hydrogens (tertiary/aromatic N) is 1. The Balaban J connectivity index is 1.85. The number of benzene rings is 4. The Morgan fingerprint density at radius 2 is 1.59 bits per heavy atom. The van der Waals surface area contributed by atoms with Gasteiger partial charge in [-0.2, -0.15) is 0 Å². The van der Waals surface area contributed by atoms with E-state index < -0.39 is 5.91 Å². The molecule has 32 heavy (non-hydrogen) atoms. The SMILES string of the molecule is Cc1ccccc1Cn1c2cc(-c3c(Cl)cccc3Cl)ccc2c2c(C(N)=O)cccc21. The van der Waals surface area contributed by atoms with Gasteiger partial charge in [-0.25, -0.2) is 0 Å². The smallest absolute Gasteiger partial charge is 0.249 e. The molecule has 5 heteroatoms. The van der Waals surface area contributed by atoms with Gasteiger partial charge in [0.2, 0.25) is 5.91 Å². The lowest BCUT2D eigenvalue weighted by atomic mass is 10.0. The van der Waals surface area contributed by atoms with Crippen molar-refractivity contribution in [2.45, 2.75) is 13.5 Å². The van der Waals surface area contributed by atoms with Crippen molar-refractivity contribution in [1.29, 1.82) is 0 Å². The van der Waals surface area contributed by atoms with Gasteiger partial charge in [0, 0.05) is 38.5 Å². The summed E-state index contributed by atoms with van der Waals surface area (Å²) < 4.78 is 2.23. The summed E-state index contributed by atoms with van der Waals surface area (Å²) in [5, 5.41) is 3.02. The lowest BCUT2D eigenvalue weighted by molar-refractivity contribution is 0.100. The Morgan fingerprint density at radius 3 is 2.31 bits per heavy atom. The Bertz CT molecular complexity index is 1500. The number of hydrogen-bond donors (Lipinski definition) is 1. The van der Waals surface area contributed by atoms with Gasteiger partial charge in [0.25, 0.3) is 0 Å². The third-order valence-corrected chi connectivity index (χ3v) is 6.63. The molecular formula is C27H20Cl2N2O. The quantitative estimate of drug-likeness (QED) is 0.303. The largest absolute Gasteiger partial charge is 0.366 e. The van der Waals surface area contributed by atoms with Crippen LogP contribution >= 0.6 is 23.2 Å². The summed E-state index contributed by atoms with van der Waals surface area (Å²) in [5.74, 6) is -0.441. The summed E-state index contributed by atoms with van der Waals surface area (Å²) in [6.45, 7) is 2.77. The first kappa shape index (κ1) is 20.6. The summed E-state index contributed by atoms with van der Waals surface area (Å²) in [5.41, 5.74) is 12.3. The zero-order valence-electron chi connectivity index (χ0n) is 17.4. The van der Waals surface area contributed by atoms with Crippen molar-refractivity contribution >= 4 is 50.9 Å². The molecule has 0 aliphatic rings. The van der Waals surface area contributed by atoms with Crippen LogP contribution in [0.5, 0.6) is 0 Å². The van der Waals surface area contributed by atoms with Gasteiger partial charge in [-0.05, 0) is 53.9 Å². The van der Waals surface area contributed by atoms with Crippen molar-refractivity contribution in [3.63, 3.8) is 0 Å². The van der Waals surface area contributed by atoms with Crippen LogP contribution in [0.3, 0.4) is 0 Å². The summed E-state index contributed by atoms with van der Waals surface area (Å²) in [4.78, 5) is 12.2. The fourth-order valence-electron chi connectivity index (χ4n) is 4.41. The number of rotatable bonds is 4. The van der Waals surface area contributed by atoms with Crippen molar-refractivity contribution in [1.82, 2.24) is 4.57 Å². The first-order valence-corrected chi connectivity index (χ1v) is 11.0. The standard InChI is InChI=1S/C27H20Cl2N2O/c1-16-6-2-3-7-18(16)15-31-23-11-4-8-20(27(30)32)26(23)19-13-12-17(14-24(19)31)25-21(28)9-5-10-22(25)29/h2-14H,15H2,1H3,(H2,30,32). The Hall–Kier alpha value is -3.27. The molecule has 0 fully saturated rings. The van der Waals surface area contributed by atoms with Crippen molar-refractivity contribution in [3.8, 4) is 11.1 Å². The summed E-state index contributed by atoms with van der Waals surface area (Å²) in [6.07, 6.45) is 0. The topological polar surface area (TPSA) is 48.0 Å². The van der Waals surface area contributed by atoms with Gasteiger partial charge in [-0.1, -0.05) is 71.7 Å². The van der Waals surface area contributed by atoms with E-state index in [1.54, 1.807) is 6.07 Å². The number of aromatic nitrogens is 1. The van der Waals surface area contributed by atoms with Gasteiger partial charge in [-0.3, -0.25) is 4.79 Å². The molecule has 0 saturated carbocycles. The number of carbonyl (C=O) groups excluding carboxylic acids is 1. The second kappa shape index (κ2) is 8.01. The zero-order chi connectivity index (χ0) is 22.4. The van der Waals surface area contributed by atoms with Crippen molar-refractivity contribution in [2.75, 3.05) is 0 Å². The van der Waals surface area contributed by atoms with E-state index in [1.807, 2.05) is 54.6 Å². The van der Waals surface area contributed by atoms with Crippen LogP contribution in [0, 0.1) is 6.92 Å². The maximum atomic E-state index is 12.2. The lowest BCUT2D eigenvalue weighted by Gasteiger charge is -2.12. The van der Waals surface area contributed by atoms with Crippen molar-refractivity contribution in [2.24, 2.45) is 5.73 Å². The van der Waals surface area contributed by atoms with Crippen LogP contribution in [0.4, 0.5) is 0 Å². The van der Waals surface area contributed by atoms with Gasteiger partial charge in [0.05, 0.1) is 11.0 Å². The van der Waals surface area contributed by atoms with Crippen LogP contribution in [-0.4, -0.2) is 10.5 Å². The predicted molar refractivity (Wildman–Crippen MR) is 134 cm³/mol. The van der Waals surface area contributed by atoms with E-state index in [-0.39, 0.29) is 0 Å². The number of primary amides is 1. The van der Waals surface area contributed by atoms with Crippen LogP contribution in [-0.2, 0) is 6.54 Å². The van der Waals surface area contributed by atoms with Crippen LogP contribution in [0.1, 0.15) is 21.5 Å². The Kier molecular flexibility index (Phi) is 5.16. The second-order valence-electron chi connectivity index (χ2n) is 7.91. The monoisotopic (exact) mass is 458 g/mol. The highest BCUT2D eigenvalue weighted by molar-refractivity contribution is 6.39. The van der Waals surface area contributed by atoms with Gasteiger partial charge in [-0.15, -0.1) is 0 Å². The van der Waals surface area contributed by atoms with Gasteiger partial charge >= 0.3 is 0 Å². The molecule has 1 amide bonds. The van der Waals surface area contributed by atoms with Gasteiger partial charge in [0.15, 0.2) is 0 Å². The Morgan fingerprint density at radius 1 is 0.875 bits per heavy atom. The van der Waals surface area contributed by atoms with E-state index in [2.05, 4.69) is 29.7 Å². The van der Waals surface area contributed by atoms with E-state index in [0.717, 1.165) is 32.9 Å². The van der Waals surface area contributed by atoms with E-state index in [9.17, 15) is 4.79 Å². The number of carbonyl (C=O) groups is 1. The molecular weight excluding hydrogens is 439 g/mol. The molecule has 2 N–H and O–H groups in total. The van der Waals surface area contributed by atoms with E-state index in [0.29, 0.717) is 22.2 Å². The number of amides is 1. The maximum absolute atomic E-state index is 12.2. The molecule has 1 aromatic heterocycles. The minimum atomic E-state index is -0.441. The average molecular weight is 459 g/mol. The maximum Gasteiger partial charge on any atom is 0.249 e. The molecule has 5 rings (SSSR count). The highest BCUT2D eigenvalue weighted by Crippen LogP contribution is 2.39. The minimum absolute atomic E-state index is 0.441. The highest BCUT2D eigenvalue weighted by Gasteiger charge is 2.18. The number of aryl methyl sites for hydroxylation is 1. The molecule has 0 bridgehead atoms. The molecule has 0 aliphatic heterocycles. The number of hydrogen-bond acceptors (Lipinski definition) is 1. The lowest BCUT2D eigenvalue weighted by Crippen LogP contribution is -2.11. The normalized spacial score (nSPS) is 11.3. The van der Waals surface area contributed by atoms with Crippen LogP contribution in [0.15, 0.2) is 78.9 Å². The third kappa shape index (κ3) is 3.35. The fourth-order valence-corrected chi connectivity index (χ4v) is 5.02. The summed E-state index contributed by atoms with van der Waals surface area (Å²) in [7, 11) is 0. The molecule has 0 aliphatic carbocycles. The first-order valence-electron chi connectivity index (χ1n) is 10.3. The van der Waals surface area contributed by atoms with Gasteiger partial charge < -0.3 is 10.3 Å². The predicted octanol–water partition coefficient (Wildman–Crippen LogP) is 7.22. The van der Waals surface area contributed by atoms with Crippen LogP contribution in [0.2, 0.25) is 10.0 Å². The number of fused-ring (bicyclic) bond motifs is 3. The molecule has 0 radical (unpaired) electrons. The zero-order valence-corrected chi connectivity index (χ0v) is 18.9. The molecule has 1 heterocycles. The number of nitrogens with two attached hydrogens (primary N) is 1. The molecule has 0 spiro atoms. The molecule has 0 unspecified atom stereocenters. The fraction of sp³-hybridized carbons (Fsp3) is 0.0741. The van der Waals surface area contributed by atoms with Gasteiger partial charge in [0.1, 0.15) is 0 Å². The first-order chi connectivity index (χ1) is 15.5. The van der Waals surface area contributed by atoms with Crippen molar-refractivity contribution in [3.05, 3.63) is 106 Å². The summed E-state index contributed by atoms with van der Waals surface area (Å²) in [6, 6.07) is 25.6. The second-order valence-corrected chi connectivity index (χ2v) is 8.72. The molecule has 0 saturated heterocycles. The Labute approximate surface area is 196 Å². The third-order valence-electron chi connectivity index (χ3n) is 6.00. The molecule has 158 valence electrons. The van der Waals surface area contributed by atoms with Crippen LogP contribution < -0.4 is 5.73 Å².